The third-order valence-corrected chi connectivity index (χ3v) is 1.83. The molecule has 0 spiro atoms. The van der Waals surface area contributed by atoms with Crippen molar-refractivity contribution >= 4 is 17.0 Å². The minimum atomic E-state index is -0.102. The van der Waals surface area contributed by atoms with E-state index < -0.39 is 0 Å². The Bertz CT molecular complexity index is 473. The van der Waals surface area contributed by atoms with E-state index in [-0.39, 0.29) is 5.95 Å². The highest BCUT2D eigenvalue weighted by Gasteiger charge is 2.04. The van der Waals surface area contributed by atoms with Gasteiger partial charge in [-0.25, -0.2) is 4.98 Å². The molecule has 0 saturated carbocycles. The molecule has 72 valence electrons. The summed E-state index contributed by atoms with van der Waals surface area (Å²) in [5.41, 5.74) is 1.38. The zero-order valence-electron chi connectivity index (χ0n) is 7.60. The molecule has 0 aliphatic carbocycles. The maximum Gasteiger partial charge on any atom is 0.291 e. The van der Waals surface area contributed by atoms with Crippen LogP contribution in [-0.4, -0.2) is 17.2 Å². The van der Waals surface area contributed by atoms with Crippen LogP contribution in [0.25, 0.3) is 17.0 Å². The van der Waals surface area contributed by atoms with E-state index in [9.17, 15) is 5.11 Å². The van der Waals surface area contributed by atoms with Crippen LogP contribution in [0.1, 0.15) is 5.69 Å². The van der Waals surface area contributed by atoms with Gasteiger partial charge in [0.15, 0.2) is 0 Å². The first-order valence-electron chi connectivity index (χ1n) is 4.08. The number of pyridine rings is 1. The van der Waals surface area contributed by atoms with Crippen LogP contribution >= 0.6 is 0 Å². The zero-order chi connectivity index (χ0) is 9.97. The van der Waals surface area contributed by atoms with Gasteiger partial charge in [0.25, 0.3) is 5.95 Å². The third kappa shape index (κ3) is 1.42. The molecule has 0 aliphatic rings. The second-order valence-corrected chi connectivity index (χ2v) is 2.75. The van der Waals surface area contributed by atoms with Gasteiger partial charge in [-0.2, -0.15) is 0 Å². The number of methoxy groups -OCH3 is 1. The normalized spacial score (nSPS) is 11.2. The second kappa shape index (κ2) is 3.41. The fraction of sp³-hybridized carbons (Fsp3) is 0.100. The lowest BCUT2D eigenvalue weighted by Crippen LogP contribution is -1.79. The average molecular weight is 191 g/mol. The highest BCUT2D eigenvalue weighted by atomic mass is 16.5. The summed E-state index contributed by atoms with van der Waals surface area (Å²) < 4.78 is 9.58. The molecular weight excluding hydrogens is 182 g/mol. The quantitative estimate of drug-likeness (QED) is 0.739. The summed E-state index contributed by atoms with van der Waals surface area (Å²) in [6.07, 6.45) is 4.67. The summed E-state index contributed by atoms with van der Waals surface area (Å²) in [5, 5.41) is 9.84. The molecule has 0 bridgehead atoms. The van der Waals surface area contributed by atoms with Crippen molar-refractivity contribution in [1.29, 1.82) is 0 Å². The smallest absolute Gasteiger partial charge is 0.291 e. The first kappa shape index (κ1) is 8.62. The van der Waals surface area contributed by atoms with Crippen molar-refractivity contribution in [1.82, 2.24) is 4.98 Å². The van der Waals surface area contributed by atoms with Crippen LogP contribution in [0.15, 0.2) is 29.1 Å². The third-order valence-electron chi connectivity index (χ3n) is 1.83. The molecule has 2 rings (SSSR count). The van der Waals surface area contributed by atoms with E-state index >= 15 is 0 Å². The molecule has 0 amide bonds. The number of aromatic hydroxyl groups is 1. The van der Waals surface area contributed by atoms with Crippen LogP contribution in [0.3, 0.4) is 0 Å². The molecule has 0 unspecified atom stereocenters. The van der Waals surface area contributed by atoms with E-state index in [0.29, 0.717) is 10.9 Å². The van der Waals surface area contributed by atoms with Crippen LogP contribution in [0.4, 0.5) is 0 Å². The van der Waals surface area contributed by atoms with Gasteiger partial charge in [0.2, 0.25) is 0 Å². The molecule has 2 aromatic rings. The predicted molar refractivity (Wildman–Crippen MR) is 51.7 cm³/mol. The van der Waals surface area contributed by atoms with Gasteiger partial charge in [0, 0.05) is 0 Å². The predicted octanol–water partition coefficient (Wildman–Crippen LogP) is 2.15. The van der Waals surface area contributed by atoms with E-state index in [0.717, 1.165) is 5.69 Å². The topological polar surface area (TPSA) is 55.5 Å². The summed E-state index contributed by atoms with van der Waals surface area (Å²) >= 11 is 0. The molecule has 0 saturated heterocycles. The summed E-state index contributed by atoms with van der Waals surface area (Å²) in [4.78, 5) is 4.21. The van der Waals surface area contributed by atoms with Gasteiger partial charge < -0.3 is 14.3 Å². The Morgan fingerprint density at radius 3 is 3.14 bits per heavy atom. The van der Waals surface area contributed by atoms with Crippen molar-refractivity contribution in [2.45, 2.75) is 0 Å². The summed E-state index contributed by atoms with van der Waals surface area (Å²) in [6.45, 7) is 0. The number of fused-ring (bicyclic) bond motifs is 1. The molecule has 0 fully saturated rings. The number of hydrogen-bond acceptors (Lipinski definition) is 4. The molecule has 4 nitrogen and oxygen atoms in total. The lowest BCUT2D eigenvalue weighted by atomic mass is 10.2. The molecule has 2 aromatic heterocycles. The number of aromatic nitrogens is 1. The van der Waals surface area contributed by atoms with Gasteiger partial charge >= 0.3 is 0 Å². The number of nitrogens with zero attached hydrogens (tertiary/aromatic N) is 1. The van der Waals surface area contributed by atoms with Crippen LogP contribution < -0.4 is 0 Å². The van der Waals surface area contributed by atoms with Gasteiger partial charge in [-0.05, 0) is 18.2 Å². The Morgan fingerprint density at radius 1 is 1.50 bits per heavy atom. The van der Waals surface area contributed by atoms with Crippen LogP contribution in [0.2, 0.25) is 0 Å². The lowest BCUT2D eigenvalue weighted by Gasteiger charge is -1.92. The van der Waals surface area contributed by atoms with Crippen molar-refractivity contribution in [2.75, 3.05) is 7.11 Å². The fourth-order valence-electron chi connectivity index (χ4n) is 1.17. The van der Waals surface area contributed by atoms with E-state index in [1.165, 1.54) is 12.5 Å². The van der Waals surface area contributed by atoms with Gasteiger partial charge in [0.05, 0.1) is 24.5 Å². The summed E-state index contributed by atoms with van der Waals surface area (Å²) in [5.74, 6) is -0.102. The van der Waals surface area contributed by atoms with Crippen molar-refractivity contribution in [3.8, 4) is 5.95 Å². The van der Waals surface area contributed by atoms with Crippen molar-refractivity contribution in [3.63, 3.8) is 0 Å². The molecule has 0 aromatic carbocycles. The van der Waals surface area contributed by atoms with Crippen molar-refractivity contribution in [2.24, 2.45) is 0 Å². The summed E-state index contributed by atoms with van der Waals surface area (Å²) in [7, 11) is 1.57. The van der Waals surface area contributed by atoms with Gasteiger partial charge in [-0.15, -0.1) is 0 Å². The maximum absolute atomic E-state index is 9.23. The minimum absolute atomic E-state index is 0.102. The minimum Gasteiger partial charge on any atom is -0.504 e. The van der Waals surface area contributed by atoms with E-state index in [4.69, 9.17) is 9.15 Å². The van der Waals surface area contributed by atoms with Gasteiger partial charge in [-0.1, -0.05) is 0 Å². The molecule has 2 heterocycles. The van der Waals surface area contributed by atoms with Crippen LogP contribution in [0, 0.1) is 0 Å². The van der Waals surface area contributed by atoms with E-state index in [1.807, 2.05) is 0 Å². The monoisotopic (exact) mass is 191 g/mol. The highest BCUT2D eigenvalue weighted by molar-refractivity contribution is 5.83. The Hall–Kier alpha value is -1.97. The Morgan fingerprint density at radius 2 is 2.36 bits per heavy atom. The van der Waals surface area contributed by atoms with Crippen LogP contribution in [-0.2, 0) is 4.74 Å². The van der Waals surface area contributed by atoms with Crippen molar-refractivity contribution < 1.29 is 14.3 Å². The van der Waals surface area contributed by atoms with Gasteiger partial charge in [-0.3, -0.25) is 0 Å². The second-order valence-electron chi connectivity index (χ2n) is 2.75. The number of hydrogen-bond donors (Lipinski definition) is 1. The summed E-state index contributed by atoms with van der Waals surface area (Å²) in [6, 6.07) is 3.52. The molecular formula is C10H9NO3. The first-order chi connectivity index (χ1) is 6.81. The Kier molecular flexibility index (Phi) is 2.10. The fourth-order valence-corrected chi connectivity index (χ4v) is 1.17. The Labute approximate surface area is 80.4 Å². The van der Waals surface area contributed by atoms with E-state index in [2.05, 4.69) is 4.98 Å². The van der Waals surface area contributed by atoms with Crippen LogP contribution in [0.5, 0.6) is 5.95 Å². The first-order valence-corrected chi connectivity index (χ1v) is 4.08. The van der Waals surface area contributed by atoms with Crippen molar-refractivity contribution in [3.05, 3.63) is 30.4 Å². The largest absolute Gasteiger partial charge is 0.504 e. The number of rotatable bonds is 2. The molecule has 0 radical (unpaired) electrons. The Balaban J connectivity index is 2.47. The highest BCUT2D eigenvalue weighted by Crippen LogP contribution is 2.25. The lowest BCUT2D eigenvalue weighted by molar-refractivity contribution is 0.338. The molecule has 4 heteroatoms. The number of ether oxygens (including phenoxy) is 1. The standard InChI is InChI=1S/C10H9NO3/c1-13-5-4-7-2-3-8-9(11-7)6-14-10(8)12/h2-6,12H,1H3/b5-4+. The van der Waals surface area contributed by atoms with E-state index in [1.54, 1.807) is 25.3 Å². The molecule has 0 aliphatic heterocycles. The average Bonchev–Trinajstić information content (AvgIpc) is 2.57. The zero-order valence-corrected chi connectivity index (χ0v) is 7.60. The van der Waals surface area contributed by atoms with Gasteiger partial charge in [0.1, 0.15) is 11.8 Å². The molecule has 0 atom stereocenters. The SMILES string of the molecule is CO/C=C/c1ccc2c(O)occ2n1. The molecule has 1 N–H and O–H groups in total. The maximum atomic E-state index is 9.23. The molecule has 14 heavy (non-hydrogen) atoms. The number of furan rings is 1.